The van der Waals surface area contributed by atoms with Gasteiger partial charge in [0.1, 0.15) is 5.75 Å². The highest BCUT2D eigenvalue weighted by atomic mass is 35.5. The molecular weight excluding hydrogens is 302 g/mol. The average molecular weight is 321 g/mol. The van der Waals surface area contributed by atoms with Crippen LogP contribution in [0.1, 0.15) is 16.8 Å². The van der Waals surface area contributed by atoms with Crippen molar-refractivity contribution in [3.05, 3.63) is 29.8 Å². The fraction of sp³-hybridized carbons (Fsp3) is 0.500. The summed E-state index contributed by atoms with van der Waals surface area (Å²) >= 11 is 0. The quantitative estimate of drug-likeness (QED) is 0.906. The van der Waals surface area contributed by atoms with Gasteiger partial charge >= 0.3 is 6.61 Å². The largest absolute Gasteiger partial charge is 0.434 e. The maximum Gasteiger partial charge on any atom is 0.387 e. The minimum absolute atomic E-state index is 0. The third-order valence-electron chi connectivity index (χ3n) is 3.40. The first-order valence-electron chi connectivity index (χ1n) is 6.59. The molecule has 1 aromatic rings. The summed E-state index contributed by atoms with van der Waals surface area (Å²) in [6, 6.07) is 6.13. The number of para-hydroxylation sites is 1. The topological polar surface area (TPSA) is 41.6 Å². The molecule has 0 spiro atoms. The molecule has 1 N–H and O–H groups in total. The van der Waals surface area contributed by atoms with Gasteiger partial charge in [0.05, 0.1) is 5.56 Å². The van der Waals surface area contributed by atoms with E-state index < -0.39 is 6.61 Å². The van der Waals surface area contributed by atoms with Crippen LogP contribution in [-0.2, 0) is 0 Å². The first-order valence-corrected chi connectivity index (χ1v) is 6.59. The number of ether oxygens (including phenoxy) is 1. The Kier molecular flexibility index (Phi) is 6.84. The molecule has 1 aliphatic heterocycles. The summed E-state index contributed by atoms with van der Waals surface area (Å²) in [5, 5.41) is 3.08. The van der Waals surface area contributed by atoms with E-state index in [4.69, 9.17) is 0 Å². The van der Waals surface area contributed by atoms with Crippen molar-refractivity contribution in [3.8, 4) is 5.75 Å². The second kappa shape index (κ2) is 8.14. The van der Waals surface area contributed by atoms with E-state index >= 15 is 0 Å². The van der Waals surface area contributed by atoms with E-state index in [9.17, 15) is 13.6 Å². The molecule has 1 saturated heterocycles. The third kappa shape index (κ3) is 4.54. The molecule has 0 radical (unpaired) electrons. The number of hydrogen-bond acceptors (Lipinski definition) is 3. The van der Waals surface area contributed by atoms with Gasteiger partial charge in [-0.05, 0) is 38.1 Å². The van der Waals surface area contributed by atoms with E-state index in [-0.39, 0.29) is 29.6 Å². The molecule has 1 fully saturated rings. The van der Waals surface area contributed by atoms with Gasteiger partial charge in [-0.25, -0.2) is 0 Å². The number of nitrogens with zero attached hydrogens (tertiary/aromatic N) is 1. The second-order valence-electron chi connectivity index (χ2n) is 4.84. The molecule has 2 rings (SSSR count). The minimum atomic E-state index is -2.93. The number of likely N-dealkylation sites (tertiary alicyclic amines) is 1. The van der Waals surface area contributed by atoms with Crippen LogP contribution in [0.2, 0.25) is 0 Å². The van der Waals surface area contributed by atoms with Crippen LogP contribution in [0.5, 0.6) is 5.75 Å². The molecule has 1 aromatic carbocycles. The lowest BCUT2D eigenvalue weighted by molar-refractivity contribution is -0.0502. The number of benzene rings is 1. The Balaban J connectivity index is 0.00000220. The number of halogens is 3. The monoisotopic (exact) mass is 320 g/mol. The number of nitrogens with one attached hydrogen (secondary N) is 1. The van der Waals surface area contributed by atoms with Gasteiger partial charge in [-0.3, -0.25) is 4.79 Å². The molecule has 0 aliphatic carbocycles. The summed E-state index contributed by atoms with van der Waals surface area (Å²) < 4.78 is 29.1. The summed E-state index contributed by atoms with van der Waals surface area (Å²) in [5.41, 5.74) is 0.193. The van der Waals surface area contributed by atoms with Crippen LogP contribution in [0, 0.1) is 5.92 Å². The first-order chi connectivity index (χ1) is 9.61. The lowest BCUT2D eigenvalue weighted by Crippen LogP contribution is -2.30. The van der Waals surface area contributed by atoms with Crippen molar-refractivity contribution in [2.45, 2.75) is 13.0 Å². The van der Waals surface area contributed by atoms with Crippen molar-refractivity contribution >= 4 is 18.3 Å². The molecule has 21 heavy (non-hydrogen) atoms. The van der Waals surface area contributed by atoms with Crippen molar-refractivity contribution in [1.82, 2.24) is 10.2 Å². The van der Waals surface area contributed by atoms with Crippen molar-refractivity contribution < 1.29 is 18.3 Å². The number of carbonyl (C=O) groups excluding carboxylic acids is 1. The van der Waals surface area contributed by atoms with Crippen molar-refractivity contribution in [3.63, 3.8) is 0 Å². The Hall–Kier alpha value is -1.40. The van der Waals surface area contributed by atoms with Gasteiger partial charge < -0.3 is 15.0 Å². The highest BCUT2D eigenvalue weighted by Crippen LogP contribution is 2.25. The van der Waals surface area contributed by atoms with Crippen molar-refractivity contribution in [2.24, 2.45) is 5.92 Å². The Morgan fingerprint density at radius 2 is 2.19 bits per heavy atom. The Labute approximate surface area is 128 Å². The van der Waals surface area contributed by atoms with Crippen LogP contribution < -0.4 is 10.1 Å². The van der Waals surface area contributed by atoms with Crippen LogP contribution in [0.3, 0.4) is 0 Å². The fourth-order valence-electron chi connectivity index (χ4n) is 2.48. The predicted octanol–water partition coefficient (Wildman–Crippen LogP) is 2.39. The number of hydrogen-bond donors (Lipinski definition) is 1. The van der Waals surface area contributed by atoms with Gasteiger partial charge in [-0.1, -0.05) is 12.1 Å². The number of amides is 1. The maximum absolute atomic E-state index is 12.4. The number of alkyl halides is 2. The Morgan fingerprint density at radius 3 is 2.86 bits per heavy atom. The first kappa shape index (κ1) is 17.7. The zero-order valence-corrected chi connectivity index (χ0v) is 12.5. The van der Waals surface area contributed by atoms with Crippen LogP contribution in [0.4, 0.5) is 8.78 Å². The van der Waals surface area contributed by atoms with Gasteiger partial charge in [0.2, 0.25) is 0 Å². The normalized spacial score (nSPS) is 17.7. The standard InChI is InChI=1S/C14H18F2N2O2.ClH/c1-17-8-10-6-7-18(9-10)13(19)11-4-2-3-5-12(11)20-14(15)16;/h2-5,10,14,17H,6-9H2,1H3;1H. The summed E-state index contributed by atoms with van der Waals surface area (Å²) in [4.78, 5) is 14.1. The van der Waals surface area contributed by atoms with E-state index in [1.54, 1.807) is 17.0 Å². The Morgan fingerprint density at radius 1 is 1.48 bits per heavy atom. The molecule has 7 heteroatoms. The van der Waals surface area contributed by atoms with E-state index in [2.05, 4.69) is 10.1 Å². The fourth-order valence-corrected chi connectivity index (χ4v) is 2.48. The smallest absolute Gasteiger partial charge is 0.387 e. The molecule has 1 amide bonds. The van der Waals surface area contributed by atoms with E-state index in [0.29, 0.717) is 19.0 Å². The van der Waals surface area contributed by atoms with Gasteiger partial charge in [0.25, 0.3) is 5.91 Å². The predicted molar refractivity (Wildman–Crippen MR) is 78.3 cm³/mol. The maximum atomic E-state index is 12.4. The lowest BCUT2D eigenvalue weighted by atomic mass is 10.1. The van der Waals surface area contributed by atoms with Crippen LogP contribution in [0.25, 0.3) is 0 Å². The molecule has 0 saturated carbocycles. The number of rotatable bonds is 5. The second-order valence-corrected chi connectivity index (χ2v) is 4.84. The highest BCUT2D eigenvalue weighted by molar-refractivity contribution is 5.97. The molecular formula is C14H19ClF2N2O2. The van der Waals surface area contributed by atoms with Crippen LogP contribution >= 0.6 is 12.4 Å². The van der Waals surface area contributed by atoms with E-state index in [1.807, 2.05) is 7.05 Å². The Bertz CT molecular complexity index is 474. The van der Waals surface area contributed by atoms with Gasteiger partial charge in [0, 0.05) is 13.1 Å². The van der Waals surface area contributed by atoms with Crippen LogP contribution in [0.15, 0.2) is 24.3 Å². The van der Waals surface area contributed by atoms with Crippen LogP contribution in [-0.4, -0.2) is 44.1 Å². The van der Waals surface area contributed by atoms with Gasteiger partial charge in [0.15, 0.2) is 0 Å². The summed E-state index contributed by atoms with van der Waals surface area (Å²) in [5.74, 6) is 0.0940. The SMILES string of the molecule is CNCC1CCN(C(=O)c2ccccc2OC(F)F)C1.Cl. The van der Waals surface area contributed by atoms with Gasteiger partial charge in [-0.15, -0.1) is 12.4 Å². The minimum Gasteiger partial charge on any atom is -0.434 e. The summed E-state index contributed by atoms with van der Waals surface area (Å²) in [6.07, 6.45) is 0.921. The van der Waals surface area contributed by atoms with Crippen molar-refractivity contribution in [1.29, 1.82) is 0 Å². The molecule has 0 aromatic heterocycles. The molecule has 1 atom stereocenters. The summed E-state index contributed by atoms with van der Waals surface area (Å²) in [7, 11) is 1.87. The van der Waals surface area contributed by atoms with E-state index in [1.165, 1.54) is 12.1 Å². The molecule has 1 unspecified atom stereocenters. The molecule has 4 nitrogen and oxygen atoms in total. The van der Waals surface area contributed by atoms with Crippen molar-refractivity contribution in [2.75, 3.05) is 26.7 Å². The molecule has 1 heterocycles. The van der Waals surface area contributed by atoms with Gasteiger partial charge in [-0.2, -0.15) is 8.78 Å². The van der Waals surface area contributed by atoms with E-state index in [0.717, 1.165) is 13.0 Å². The highest BCUT2D eigenvalue weighted by Gasteiger charge is 2.28. The lowest BCUT2D eigenvalue weighted by Gasteiger charge is -2.18. The third-order valence-corrected chi connectivity index (χ3v) is 3.40. The summed E-state index contributed by atoms with van der Waals surface area (Å²) in [6.45, 7) is -0.796. The average Bonchev–Trinajstić information content (AvgIpc) is 2.87. The zero-order valence-electron chi connectivity index (χ0n) is 11.7. The number of carbonyl (C=O) groups is 1. The molecule has 1 aliphatic rings. The molecule has 0 bridgehead atoms. The zero-order chi connectivity index (χ0) is 14.5. The molecule has 118 valence electrons.